The van der Waals surface area contributed by atoms with E-state index in [2.05, 4.69) is 28.8 Å². The summed E-state index contributed by atoms with van der Waals surface area (Å²) in [5, 5.41) is 4.71. The number of aryl methyl sites for hydroxylation is 3. The summed E-state index contributed by atoms with van der Waals surface area (Å²) in [6, 6.07) is 17.2. The quantitative estimate of drug-likeness (QED) is 0.328. The van der Waals surface area contributed by atoms with Gasteiger partial charge >= 0.3 is 0 Å². The first-order chi connectivity index (χ1) is 19.5. The molecule has 2 atom stereocenters. The number of hydrogen-bond acceptors (Lipinski definition) is 6. The maximum Gasteiger partial charge on any atom is 0.256 e. The molecule has 1 amide bonds. The number of piperidine rings is 1. The van der Waals surface area contributed by atoms with Crippen molar-refractivity contribution in [2.45, 2.75) is 58.9 Å². The SMILES string of the molecule is CC(CN)c1ccccc1.Cc1ccc(NS(C)(=O)=O)c(C(=O)N2CCCC[C@H]2c2cc3nc(C)c(C)cn3n2)c1. The number of rotatable bonds is 6. The van der Waals surface area contributed by atoms with E-state index in [1.807, 2.05) is 56.1 Å². The van der Waals surface area contributed by atoms with Gasteiger partial charge < -0.3 is 10.6 Å². The van der Waals surface area contributed by atoms with Gasteiger partial charge in [-0.25, -0.2) is 17.9 Å². The van der Waals surface area contributed by atoms with Crippen molar-refractivity contribution in [1.29, 1.82) is 0 Å². The average Bonchev–Trinajstić information content (AvgIpc) is 3.36. The minimum Gasteiger partial charge on any atom is -0.330 e. The third-order valence-corrected chi connectivity index (χ3v) is 8.02. The number of fused-ring (bicyclic) bond motifs is 1. The largest absolute Gasteiger partial charge is 0.330 e. The van der Waals surface area contributed by atoms with Gasteiger partial charge in [-0.15, -0.1) is 0 Å². The van der Waals surface area contributed by atoms with Gasteiger partial charge in [0.1, 0.15) is 0 Å². The number of aromatic nitrogens is 3. The lowest BCUT2D eigenvalue weighted by atomic mass is 9.97. The number of amides is 1. The van der Waals surface area contributed by atoms with E-state index in [4.69, 9.17) is 10.8 Å². The second-order valence-electron chi connectivity index (χ2n) is 10.9. The van der Waals surface area contributed by atoms with Crippen molar-refractivity contribution in [3.63, 3.8) is 0 Å². The van der Waals surface area contributed by atoms with Gasteiger partial charge in [-0.05, 0) is 75.8 Å². The molecule has 41 heavy (non-hydrogen) atoms. The maximum absolute atomic E-state index is 13.6. The second-order valence-corrected chi connectivity index (χ2v) is 12.6. The molecule has 1 unspecified atom stereocenters. The number of nitrogens with zero attached hydrogens (tertiary/aromatic N) is 4. The summed E-state index contributed by atoms with van der Waals surface area (Å²) < 4.78 is 27.9. The van der Waals surface area contributed by atoms with E-state index >= 15 is 0 Å². The molecule has 2 aromatic heterocycles. The first kappa shape index (κ1) is 30.2. The van der Waals surface area contributed by atoms with Gasteiger partial charge in [-0.1, -0.05) is 48.9 Å². The van der Waals surface area contributed by atoms with E-state index in [9.17, 15) is 13.2 Å². The zero-order valence-electron chi connectivity index (χ0n) is 24.5. The lowest BCUT2D eigenvalue weighted by Crippen LogP contribution is -2.39. The molecule has 218 valence electrons. The standard InChI is InChI=1S/C22H27N5O3S.C9H13N/c1-14-8-9-18(25-31(4,29)30)17(11-14)22(28)26-10-6-5-7-20(26)19-12-21-23-16(3)15(2)13-27(21)24-19;1-8(7-10)9-5-3-2-4-6-9/h8-9,11-13,20,25H,5-7,10H2,1-4H3;2-6,8H,7,10H2,1H3/t20-;/m0./s1. The van der Waals surface area contributed by atoms with E-state index < -0.39 is 10.0 Å². The summed E-state index contributed by atoms with van der Waals surface area (Å²) in [5.74, 6) is 0.290. The molecule has 1 saturated heterocycles. The van der Waals surface area contributed by atoms with Crippen molar-refractivity contribution < 1.29 is 13.2 Å². The summed E-state index contributed by atoms with van der Waals surface area (Å²) in [6.45, 7) is 9.29. The van der Waals surface area contributed by atoms with Crippen LogP contribution in [0, 0.1) is 20.8 Å². The fourth-order valence-electron chi connectivity index (χ4n) is 4.96. The van der Waals surface area contributed by atoms with Crippen molar-refractivity contribution in [1.82, 2.24) is 19.5 Å². The molecule has 5 rings (SSSR count). The Morgan fingerprint density at radius 2 is 1.83 bits per heavy atom. The molecule has 1 aliphatic rings. The van der Waals surface area contributed by atoms with Crippen molar-refractivity contribution in [2.75, 3.05) is 24.1 Å². The smallest absolute Gasteiger partial charge is 0.256 e. The molecule has 4 aromatic rings. The van der Waals surface area contributed by atoms with Crippen LogP contribution in [0.5, 0.6) is 0 Å². The van der Waals surface area contributed by atoms with Crippen LogP contribution in [-0.4, -0.2) is 53.2 Å². The Kier molecular flexibility index (Phi) is 9.45. The molecule has 2 aromatic carbocycles. The van der Waals surface area contributed by atoms with Gasteiger partial charge in [0.15, 0.2) is 5.65 Å². The minimum atomic E-state index is -3.51. The summed E-state index contributed by atoms with van der Waals surface area (Å²) in [5.41, 5.74) is 11.9. The van der Waals surface area contributed by atoms with E-state index in [0.29, 0.717) is 23.7 Å². The van der Waals surface area contributed by atoms with Crippen molar-refractivity contribution in [3.8, 4) is 0 Å². The highest BCUT2D eigenvalue weighted by atomic mass is 32.2. The topological polar surface area (TPSA) is 123 Å². The van der Waals surface area contributed by atoms with Crippen LogP contribution in [0.1, 0.15) is 76.6 Å². The van der Waals surface area contributed by atoms with Gasteiger partial charge in [0, 0.05) is 24.5 Å². The average molecular weight is 577 g/mol. The first-order valence-electron chi connectivity index (χ1n) is 13.9. The lowest BCUT2D eigenvalue weighted by Gasteiger charge is -2.35. The molecule has 3 N–H and O–H groups in total. The fourth-order valence-corrected chi connectivity index (χ4v) is 5.54. The molecular weight excluding hydrogens is 536 g/mol. The fraction of sp³-hybridized carbons (Fsp3) is 0.387. The lowest BCUT2D eigenvalue weighted by molar-refractivity contribution is 0.0606. The Labute approximate surface area is 242 Å². The molecule has 9 nitrogen and oxygen atoms in total. The number of carbonyl (C=O) groups is 1. The van der Waals surface area contributed by atoms with Crippen LogP contribution in [0.2, 0.25) is 0 Å². The van der Waals surface area contributed by atoms with Gasteiger partial charge in [0.05, 0.1) is 29.2 Å². The van der Waals surface area contributed by atoms with Crippen LogP contribution < -0.4 is 10.5 Å². The number of nitrogens with one attached hydrogen (secondary N) is 1. The Balaban J connectivity index is 0.000000328. The van der Waals surface area contributed by atoms with E-state index in [1.165, 1.54) is 5.56 Å². The molecule has 0 aliphatic carbocycles. The third-order valence-electron chi connectivity index (χ3n) is 7.43. The Morgan fingerprint density at radius 3 is 2.51 bits per heavy atom. The number of hydrogen-bond donors (Lipinski definition) is 2. The van der Waals surface area contributed by atoms with Crippen molar-refractivity contribution in [3.05, 3.63) is 94.4 Å². The van der Waals surface area contributed by atoms with E-state index in [1.54, 1.807) is 22.7 Å². The normalized spacial score (nSPS) is 16.1. The number of carbonyl (C=O) groups excluding carboxylic acids is 1. The molecular formula is C31H40N6O3S. The van der Waals surface area contributed by atoms with Gasteiger partial charge in [-0.3, -0.25) is 9.52 Å². The predicted molar refractivity (Wildman–Crippen MR) is 164 cm³/mol. The summed E-state index contributed by atoms with van der Waals surface area (Å²) in [4.78, 5) is 20.0. The van der Waals surface area contributed by atoms with Crippen LogP contribution in [-0.2, 0) is 10.0 Å². The molecule has 1 fully saturated rings. The van der Waals surface area contributed by atoms with Crippen LogP contribution in [0.25, 0.3) is 5.65 Å². The zero-order valence-corrected chi connectivity index (χ0v) is 25.3. The van der Waals surface area contributed by atoms with E-state index in [0.717, 1.165) is 60.2 Å². The van der Waals surface area contributed by atoms with Crippen LogP contribution in [0.3, 0.4) is 0 Å². The van der Waals surface area contributed by atoms with E-state index in [-0.39, 0.29) is 11.9 Å². The first-order valence-corrected chi connectivity index (χ1v) is 15.8. The molecule has 10 heteroatoms. The highest BCUT2D eigenvalue weighted by molar-refractivity contribution is 7.92. The molecule has 0 bridgehead atoms. The number of benzene rings is 2. The number of anilines is 1. The number of nitrogens with two attached hydrogens (primary N) is 1. The second kappa shape index (κ2) is 12.8. The van der Waals surface area contributed by atoms with Crippen molar-refractivity contribution in [2.24, 2.45) is 5.73 Å². The van der Waals surface area contributed by atoms with Gasteiger partial charge in [0.2, 0.25) is 10.0 Å². The molecule has 0 spiro atoms. The van der Waals surface area contributed by atoms with Crippen LogP contribution >= 0.6 is 0 Å². The number of likely N-dealkylation sites (tertiary alicyclic amines) is 1. The van der Waals surface area contributed by atoms with Gasteiger partial charge in [-0.2, -0.15) is 5.10 Å². The molecule has 1 aliphatic heterocycles. The number of sulfonamides is 1. The Hall–Kier alpha value is -3.76. The molecule has 3 heterocycles. The highest BCUT2D eigenvalue weighted by Crippen LogP contribution is 2.33. The molecule has 0 radical (unpaired) electrons. The third kappa shape index (κ3) is 7.51. The van der Waals surface area contributed by atoms with Gasteiger partial charge in [0.25, 0.3) is 5.91 Å². The Bertz CT molecular complexity index is 1580. The highest BCUT2D eigenvalue weighted by Gasteiger charge is 2.32. The van der Waals surface area contributed by atoms with Crippen LogP contribution in [0.15, 0.2) is 60.8 Å². The Morgan fingerprint density at radius 1 is 1.10 bits per heavy atom. The molecule has 0 saturated carbocycles. The predicted octanol–water partition coefficient (Wildman–Crippen LogP) is 5.14. The summed E-state index contributed by atoms with van der Waals surface area (Å²) in [7, 11) is -3.51. The zero-order chi connectivity index (χ0) is 29.7. The van der Waals surface area contributed by atoms with Crippen molar-refractivity contribution >= 4 is 27.3 Å². The minimum absolute atomic E-state index is 0.185. The van der Waals surface area contributed by atoms with Crippen LogP contribution in [0.4, 0.5) is 5.69 Å². The summed E-state index contributed by atoms with van der Waals surface area (Å²) in [6.07, 6.45) is 5.72. The maximum atomic E-state index is 13.6. The summed E-state index contributed by atoms with van der Waals surface area (Å²) >= 11 is 0. The monoisotopic (exact) mass is 576 g/mol.